The van der Waals surface area contributed by atoms with Crippen molar-refractivity contribution in [3.63, 3.8) is 0 Å². The molecule has 0 bridgehead atoms. The van der Waals surface area contributed by atoms with Crippen molar-refractivity contribution >= 4 is 27.3 Å². The van der Waals surface area contributed by atoms with Gasteiger partial charge in [0.15, 0.2) is 0 Å². The zero-order chi connectivity index (χ0) is 16.8. The third-order valence-electron chi connectivity index (χ3n) is 3.55. The van der Waals surface area contributed by atoms with Gasteiger partial charge in [-0.25, -0.2) is 18.0 Å². The maximum atomic E-state index is 12.2. The topological polar surface area (TPSA) is 109 Å². The summed E-state index contributed by atoms with van der Waals surface area (Å²) >= 11 is 0. The second kappa shape index (κ2) is 5.06. The summed E-state index contributed by atoms with van der Waals surface area (Å²) in [7, 11) is -3.74. The lowest BCUT2D eigenvalue weighted by atomic mass is 9.91. The van der Waals surface area contributed by atoms with E-state index in [2.05, 4.69) is 0 Å². The highest BCUT2D eigenvalue weighted by Gasteiger charge is 2.31. The lowest BCUT2D eigenvalue weighted by Gasteiger charge is -2.11. The Labute approximate surface area is 131 Å². The Kier molecular flexibility index (Phi) is 3.30. The van der Waals surface area contributed by atoms with Crippen LogP contribution < -0.4 is 0 Å². The molecule has 1 aliphatic heterocycles. The van der Waals surface area contributed by atoms with Crippen LogP contribution in [0.5, 0.6) is 0 Å². The van der Waals surface area contributed by atoms with Gasteiger partial charge >= 0.3 is 11.9 Å². The Morgan fingerprint density at radius 3 is 1.96 bits per heavy atom. The van der Waals surface area contributed by atoms with Crippen LogP contribution in [0, 0.1) is 0 Å². The number of hydrogen-bond donors (Lipinski definition) is 2. The molecule has 0 spiro atoms. The maximum absolute atomic E-state index is 12.2. The van der Waals surface area contributed by atoms with E-state index in [1.54, 1.807) is 12.1 Å². The van der Waals surface area contributed by atoms with Gasteiger partial charge in [-0.1, -0.05) is 24.3 Å². The fourth-order valence-corrected chi connectivity index (χ4v) is 4.05. The summed E-state index contributed by atoms with van der Waals surface area (Å²) in [6, 6.07) is 9.89. The molecule has 0 amide bonds. The normalized spacial score (nSPS) is 14.9. The summed E-state index contributed by atoms with van der Waals surface area (Å²) in [6.45, 7) is 0. The van der Waals surface area contributed by atoms with Crippen LogP contribution in [0.3, 0.4) is 0 Å². The SMILES string of the molecule is O=C(O)c1cccc(C(=O)O)c1C1=CS(=O)(=O)c2ccccc21. The second-order valence-corrected chi connectivity index (χ2v) is 6.68. The van der Waals surface area contributed by atoms with Gasteiger partial charge < -0.3 is 10.2 Å². The predicted octanol–water partition coefficient (Wildman–Crippen LogP) is 2.26. The molecule has 0 aliphatic carbocycles. The van der Waals surface area contributed by atoms with E-state index < -0.39 is 21.8 Å². The number of aromatic carboxylic acids is 2. The molecule has 2 N–H and O–H groups in total. The summed E-state index contributed by atoms with van der Waals surface area (Å²) in [5.74, 6) is -2.66. The van der Waals surface area contributed by atoms with Crippen LogP contribution in [0.1, 0.15) is 31.8 Å². The first-order valence-electron chi connectivity index (χ1n) is 6.49. The van der Waals surface area contributed by atoms with Crippen LogP contribution in [0.2, 0.25) is 0 Å². The van der Waals surface area contributed by atoms with Crippen molar-refractivity contribution in [2.24, 2.45) is 0 Å². The van der Waals surface area contributed by atoms with E-state index in [0.717, 1.165) is 5.41 Å². The number of sulfone groups is 1. The number of fused-ring (bicyclic) bond motifs is 1. The third kappa shape index (κ3) is 2.31. The van der Waals surface area contributed by atoms with Gasteiger partial charge in [0.1, 0.15) is 0 Å². The average molecular weight is 330 g/mol. The minimum atomic E-state index is -3.74. The summed E-state index contributed by atoms with van der Waals surface area (Å²) in [4.78, 5) is 22.9. The van der Waals surface area contributed by atoms with Crippen LogP contribution in [0.25, 0.3) is 5.57 Å². The van der Waals surface area contributed by atoms with Crippen molar-refractivity contribution in [2.45, 2.75) is 4.90 Å². The Morgan fingerprint density at radius 2 is 1.39 bits per heavy atom. The molecule has 0 saturated carbocycles. The number of carboxylic acid groups (broad SMARTS) is 2. The first kappa shape index (κ1) is 15.0. The lowest BCUT2D eigenvalue weighted by Crippen LogP contribution is -2.09. The molecule has 6 nitrogen and oxygen atoms in total. The second-order valence-electron chi connectivity index (χ2n) is 4.91. The first-order valence-corrected chi connectivity index (χ1v) is 8.03. The molecule has 0 unspecified atom stereocenters. The molecular formula is C16H10O6S. The lowest BCUT2D eigenvalue weighted by molar-refractivity contribution is 0.0696. The van der Waals surface area contributed by atoms with E-state index in [9.17, 15) is 28.2 Å². The highest BCUT2D eigenvalue weighted by Crippen LogP contribution is 2.39. The van der Waals surface area contributed by atoms with Crippen LogP contribution in [0.4, 0.5) is 0 Å². The van der Waals surface area contributed by atoms with Gasteiger partial charge in [-0.3, -0.25) is 0 Å². The Hall–Kier alpha value is -2.93. The molecule has 116 valence electrons. The Bertz CT molecular complexity index is 953. The van der Waals surface area contributed by atoms with Gasteiger partial charge in [-0.05, 0) is 18.2 Å². The summed E-state index contributed by atoms with van der Waals surface area (Å²) in [5, 5.41) is 19.6. The van der Waals surface area contributed by atoms with Gasteiger partial charge in [0, 0.05) is 22.1 Å². The van der Waals surface area contributed by atoms with Gasteiger partial charge in [0.2, 0.25) is 9.84 Å². The number of carbonyl (C=O) groups is 2. The van der Waals surface area contributed by atoms with E-state index >= 15 is 0 Å². The largest absolute Gasteiger partial charge is 0.478 e. The molecule has 2 aromatic carbocycles. The van der Waals surface area contributed by atoms with E-state index in [-0.39, 0.29) is 27.2 Å². The average Bonchev–Trinajstić information content (AvgIpc) is 2.78. The summed E-state index contributed by atoms with van der Waals surface area (Å²) in [6.07, 6.45) is 0. The van der Waals surface area contributed by atoms with Gasteiger partial charge in [0.05, 0.1) is 16.0 Å². The molecule has 1 aliphatic rings. The Morgan fingerprint density at radius 1 is 0.826 bits per heavy atom. The molecule has 2 aromatic rings. The highest BCUT2D eigenvalue weighted by atomic mass is 32.2. The van der Waals surface area contributed by atoms with Gasteiger partial charge in [-0.15, -0.1) is 0 Å². The van der Waals surface area contributed by atoms with Crippen molar-refractivity contribution in [3.05, 3.63) is 70.1 Å². The van der Waals surface area contributed by atoms with Gasteiger partial charge in [0.25, 0.3) is 0 Å². The fourth-order valence-electron chi connectivity index (χ4n) is 2.61. The van der Waals surface area contributed by atoms with Crippen molar-refractivity contribution < 1.29 is 28.2 Å². The van der Waals surface area contributed by atoms with Crippen molar-refractivity contribution in [2.75, 3.05) is 0 Å². The molecule has 7 heteroatoms. The molecule has 0 fully saturated rings. The minimum absolute atomic E-state index is 0.0338. The van der Waals surface area contributed by atoms with Crippen LogP contribution in [-0.4, -0.2) is 30.6 Å². The molecule has 0 saturated heterocycles. The zero-order valence-electron chi connectivity index (χ0n) is 11.6. The van der Waals surface area contributed by atoms with Crippen LogP contribution in [-0.2, 0) is 9.84 Å². The third-order valence-corrected chi connectivity index (χ3v) is 5.07. The van der Waals surface area contributed by atoms with Gasteiger partial charge in [-0.2, -0.15) is 0 Å². The standard InChI is InChI=1S/C16H10O6S/c17-15(18)10-5-3-6-11(16(19)20)14(10)12-8-23(21,22)13-7-2-1-4-9(12)13/h1-8H,(H,17,18)(H,19,20). The summed E-state index contributed by atoms with van der Waals surface area (Å²) < 4.78 is 24.5. The van der Waals surface area contributed by atoms with Crippen molar-refractivity contribution in [1.29, 1.82) is 0 Å². The maximum Gasteiger partial charge on any atom is 0.336 e. The van der Waals surface area contributed by atoms with Crippen molar-refractivity contribution in [3.8, 4) is 0 Å². The zero-order valence-corrected chi connectivity index (χ0v) is 12.4. The van der Waals surface area contributed by atoms with E-state index in [4.69, 9.17) is 0 Å². The Balaban J connectivity index is 2.41. The van der Waals surface area contributed by atoms with E-state index in [0.29, 0.717) is 5.56 Å². The smallest absolute Gasteiger partial charge is 0.336 e. The minimum Gasteiger partial charge on any atom is -0.478 e. The van der Waals surface area contributed by atoms with E-state index in [1.165, 1.54) is 30.3 Å². The highest BCUT2D eigenvalue weighted by molar-refractivity contribution is 7.95. The quantitative estimate of drug-likeness (QED) is 0.893. The summed E-state index contributed by atoms with van der Waals surface area (Å²) in [5.41, 5.74) is -0.258. The number of rotatable bonds is 3. The fraction of sp³-hybridized carbons (Fsp3) is 0. The molecule has 0 aromatic heterocycles. The first-order chi connectivity index (χ1) is 10.8. The number of benzene rings is 2. The number of hydrogen-bond acceptors (Lipinski definition) is 4. The molecule has 0 radical (unpaired) electrons. The van der Waals surface area contributed by atoms with E-state index in [1.807, 2.05) is 0 Å². The molecular weight excluding hydrogens is 320 g/mol. The molecule has 23 heavy (non-hydrogen) atoms. The monoisotopic (exact) mass is 330 g/mol. The number of carboxylic acids is 2. The molecule has 0 atom stereocenters. The van der Waals surface area contributed by atoms with Crippen molar-refractivity contribution in [1.82, 2.24) is 0 Å². The van der Waals surface area contributed by atoms with Crippen LogP contribution >= 0.6 is 0 Å². The molecule has 1 heterocycles. The predicted molar refractivity (Wildman–Crippen MR) is 81.1 cm³/mol. The molecule has 3 rings (SSSR count). The van der Waals surface area contributed by atoms with Crippen LogP contribution in [0.15, 0.2) is 52.8 Å².